The maximum Gasteiger partial charge on any atom is 0.0821 e. The summed E-state index contributed by atoms with van der Waals surface area (Å²) in [6.07, 6.45) is 0.182. The molecule has 0 spiro atoms. The highest BCUT2D eigenvalue weighted by molar-refractivity contribution is 7.10. The maximum atomic E-state index is 5.64. The van der Waals surface area contributed by atoms with Crippen LogP contribution in [-0.2, 0) is 4.74 Å². The number of hydrogen-bond acceptors (Lipinski definition) is 3. The molecule has 3 heteroatoms. The van der Waals surface area contributed by atoms with Gasteiger partial charge in [0, 0.05) is 12.0 Å². The first-order valence-corrected chi connectivity index (χ1v) is 6.12. The third-order valence-corrected chi connectivity index (χ3v) is 3.53. The Morgan fingerprint density at radius 3 is 2.40 bits per heavy atom. The van der Waals surface area contributed by atoms with Gasteiger partial charge in [0.25, 0.3) is 0 Å². The van der Waals surface area contributed by atoms with E-state index in [1.54, 1.807) is 18.4 Å². The Labute approximate surface area is 96.7 Å². The molecule has 0 aliphatic carbocycles. The molecule has 0 saturated heterocycles. The Hall–Kier alpha value is -0.380. The minimum atomic E-state index is 0.131. The second-order valence-corrected chi connectivity index (χ2v) is 5.78. The molecule has 1 aromatic heterocycles. The number of nitrogens with one attached hydrogen (secondary N) is 1. The Bertz CT molecular complexity index is 276. The molecular formula is C12H21NOS. The van der Waals surface area contributed by atoms with Gasteiger partial charge >= 0.3 is 0 Å². The van der Waals surface area contributed by atoms with Crippen molar-refractivity contribution < 1.29 is 4.74 Å². The summed E-state index contributed by atoms with van der Waals surface area (Å²) in [6, 6.07) is 4.51. The molecule has 0 radical (unpaired) electrons. The minimum absolute atomic E-state index is 0.131. The average molecular weight is 227 g/mol. The summed E-state index contributed by atoms with van der Waals surface area (Å²) in [6.45, 7) is 6.62. The summed E-state index contributed by atoms with van der Waals surface area (Å²) >= 11 is 1.77. The van der Waals surface area contributed by atoms with Gasteiger partial charge in [-0.25, -0.2) is 0 Å². The molecule has 0 aromatic carbocycles. The summed E-state index contributed by atoms with van der Waals surface area (Å²) in [7, 11) is 3.77. The molecule has 0 amide bonds. The Kier molecular flexibility index (Phi) is 4.32. The predicted octanol–water partition coefficient (Wildman–Crippen LogP) is 3.07. The molecule has 2 nitrogen and oxygen atoms in total. The molecule has 2 atom stereocenters. The fourth-order valence-corrected chi connectivity index (χ4v) is 2.76. The molecule has 2 unspecified atom stereocenters. The lowest BCUT2D eigenvalue weighted by Crippen LogP contribution is -2.39. The molecule has 1 heterocycles. The van der Waals surface area contributed by atoms with E-state index in [0.29, 0.717) is 0 Å². The van der Waals surface area contributed by atoms with E-state index in [1.807, 2.05) is 7.05 Å². The highest BCUT2D eigenvalue weighted by atomic mass is 32.1. The molecule has 86 valence electrons. The standard InChI is InChI=1S/C12H21NOS/c1-12(2,3)11(14-5)10(13-4)9-7-6-8-15-9/h6-8,10-11,13H,1-5H3. The van der Waals surface area contributed by atoms with Crippen molar-refractivity contribution in [2.24, 2.45) is 5.41 Å². The second kappa shape index (κ2) is 5.10. The molecular weight excluding hydrogens is 206 g/mol. The Morgan fingerprint density at radius 1 is 1.40 bits per heavy atom. The van der Waals surface area contributed by atoms with Crippen LogP contribution in [0.2, 0.25) is 0 Å². The van der Waals surface area contributed by atoms with Gasteiger partial charge in [-0.2, -0.15) is 0 Å². The van der Waals surface area contributed by atoms with E-state index in [0.717, 1.165) is 0 Å². The van der Waals surface area contributed by atoms with E-state index < -0.39 is 0 Å². The van der Waals surface area contributed by atoms with Crippen LogP contribution in [0.3, 0.4) is 0 Å². The smallest absolute Gasteiger partial charge is 0.0821 e. The SMILES string of the molecule is CNC(c1cccs1)C(OC)C(C)(C)C. The summed E-state index contributed by atoms with van der Waals surface area (Å²) < 4.78 is 5.64. The van der Waals surface area contributed by atoms with Crippen molar-refractivity contribution in [3.63, 3.8) is 0 Å². The van der Waals surface area contributed by atoms with Gasteiger partial charge in [-0.05, 0) is 23.9 Å². The first kappa shape index (κ1) is 12.7. The number of methoxy groups -OCH3 is 1. The fraction of sp³-hybridized carbons (Fsp3) is 0.667. The summed E-state index contributed by atoms with van der Waals surface area (Å²) in [4.78, 5) is 1.33. The van der Waals surface area contributed by atoms with E-state index in [2.05, 4.69) is 43.6 Å². The van der Waals surface area contributed by atoms with E-state index in [9.17, 15) is 0 Å². The molecule has 0 saturated carbocycles. The van der Waals surface area contributed by atoms with Crippen molar-refractivity contribution in [1.82, 2.24) is 5.32 Å². The van der Waals surface area contributed by atoms with Gasteiger partial charge in [0.15, 0.2) is 0 Å². The lowest BCUT2D eigenvalue weighted by atomic mass is 9.84. The van der Waals surface area contributed by atoms with Gasteiger partial charge in [0.05, 0.1) is 12.1 Å². The number of ether oxygens (including phenoxy) is 1. The van der Waals surface area contributed by atoms with Crippen molar-refractivity contribution in [2.75, 3.05) is 14.2 Å². The summed E-state index contributed by atoms with van der Waals surface area (Å²) in [5.74, 6) is 0. The summed E-state index contributed by atoms with van der Waals surface area (Å²) in [5.41, 5.74) is 0.131. The van der Waals surface area contributed by atoms with Crippen LogP contribution in [0.1, 0.15) is 31.7 Å². The largest absolute Gasteiger partial charge is 0.379 e. The van der Waals surface area contributed by atoms with Crippen LogP contribution in [0.5, 0.6) is 0 Å². The van der Waals surface area contributed by atoms with Crippen LogP contribution < -0.4 is 5.32 Å². The number of thiophene rings is 1. The first-order valence-electron chi connectivity index (χ1n) is 5.24. The molecule has 0 aliphatic rings. The van der Waals surface area contributed by atoms with Crippen molar-refractivity contribution in [2.45, 2.75) is 32.9 Å². The van der Waals surface area contributed by atoms with Crippen LogP contribution in [0.15, 0.2) is 17.5 Å². The quantitative estimate of drug-likeness (QED) is 0.853. The van der Waals surface area contributed by atoms with Crippen molar-refractivity contribution in [3.05, 3.63) is 22.4 Å². The van der Waals surface area contributed by atoms with Gasteiger partial charge < -0.3 is 10.1 Å². The van der Waals surface area contributed by atoms with Crippen LogP contribution in [0, 0.1) is 5.41 Å². The topological polar surface area (TPSA) is 21.3 Å². The molecule has 15 heavy (non-hydrogen) atoms. The third kappa shape index (κ3) is 3.03. The highest BCUT2D eigenvalue weighted by Crippen LogP contribution is 2.33. The normalized spacial score (nSPS) is 16.3. The van der Waals surface area contributed by atoms with Crippen LogP contribution in [-0.4, -0.2) is 20.3 Å². The van der Waals surface area contributed by atoms with E-state index in [1.165, 1.54) is 4.88 Å². The van der Waals surface area contributed by atoms with E-state index in [4.69, 9.17) is 4.74 Å². The van der Waals surface area contributed by atoms with Gasteiger partial charge in [-0.15, -0.1) is 11.3 Å². The maximum absolute atomic E-state index is 5.64. The lowest BCUT2D eigenvalue weighted by molar-refractivity contribution is -0.00929. The lowest BCUT2D eigenvalue weighted by Gasteiger charge is -2.35. The average Bonchev–Trinajstić information content (AvgIpc) is 2.64. The number of hydrogen-bond donors (Lipinski definition) is 1. The van der Waals surface area contributed by atoms with Crippen LogP contribution in [0.4, 0.5) is 0 Å². The van der Waals surface area contributed by atoms with Crippen molar-refractivity contribution in [1.29, 1.82) is 0 Å². The fourth-order valence-electron chi connectivity index (χ4n) is 1.90. The zero-order valence-electron chi connectivity index (χ0n) is 10.2. The van der Waals surface area contributed by atoms with Gasteiger partial charge in [-0.1, -0.05) is 26.8 Å². The van der Waals surface area contributed by atoms with Crippen molar-refractivity contribution in [3.8, 4) is 0 Å². The van der Waals surface area contributed by atoms with E-state index in [-0.39, 0.29) is 17.6 Å². The Morgan fingerprint density at radius 2 is 2.07 bits per heavy atom. The zero-order valence-corrected chi connectivity index (χ0v) is 11.0. The highest BCUT2D eigenvalue weighted by Gasteiger charge is 2.32. The first-order chi connectivity index (χ1) is 7.00. The second-order valence-electron chi connectivity index (χ2n) is 4.80. The third-order valence-electron chi connectivity index (χ3n) is 2.57. The zero-order chi connectivity index (χ0) is 11.5. The molecule has 1 rings (SSSR count). The number of rotatable bonds is 4. The molecule has 1 aromatic rings. The minimum Gasteiger partial charge on any atom is -0.379 e. The molecule has 0 aliphatic heterocycles. The van der Waals surface area contributed by atoms with Gasteiger partial charge in [0.1, 0.15) is 0 Å². The molecule has 0 bridgehead atoms. The van der Waals surface area contributed by atoms with Gasteiger partial charge in [-0.3, -0.25) is 0 Å². The predicted molar refractivity (Wildman–Crippen MR) is 66.4 cm³/mol. The number of likely N-dealkylation sites (N-methyl/N-ethyl adjacent to an activating group) is 1. The van der Waals surface area contributed by atoms with Crippen LogP contribution >= 0.6 is 11.3 Å². The Balaban J connectivity index is 2.90. The van der Waals surface area contributed by atoms with Gasteiger partial charge in [0.2, 0.25) is 0 Å². The summed E-state index contributed by atoms with van der Waals surface area (Å²) in [5, 5.41) is 5.45. The molecule has 0 fully saturated rings. The van der Waals surface area contributed by atoms with Crippen molar-refractivity contribution >= 4 is 11.3 Å². The monoisotopic (exact) mass is 227 g/mol. The van der Waals surface area contributed by atoms with Crippen LogP contribution in [0.25, 0.3) is 0 Å². The van der Waals surface area contributed by atoms with E-state index >= 15 is 0 Å². The molecule has 1 N–H and O–H groups in total.